The van der Waals surface area contributed by atoms with Crippen LogP contribution in [0.4, 0.5) is 0 Å². The van der Waals surface area contributed by atoms with Gasteiger partial charge in [-0.15, -0.1) is 11.3 Å². The van der Waals surface area contributed by atoms with Gasteiger partial charge in [0.15, 0.2) is 10.9 Å². The van der Waals surface area contributed by atoms with Gasteiger partial charge in [0.05, 0.1) is 11.1 Å². The first kappa shape index (κ1) is 21.0. The van der Waals surface area contributed by atoms with Gasteiger partial charge in [-0.1, -0.05) is 55.3 Å². The van der Waals surface area contributed by atoms with Gasteiger partial charge in [0, 0.05) is 17.5 Å². The van der Waals surface area contributed by atoms with Gasteiger partial charge < -0.3 is 0 Å². The van der Waals surface area contributed by atoms with Crippen LogP contribution in [-0.2, 0) is 19.9 Å². The minimum Gasteiger partial charge on any atom is -0.293 e. The maximum absolute atomic E-state index is 13.0. The molecule has 31 heavy (non-hydrogen) atoms. The van der Waals surface area contributed by atoms with Crippen LogP contribution in [0.25, 0.3) is 10.2 Å². The van der Waals surface area contributed by atoms with Crippen LogP contribution < -0.4 is 5.56 Å². The highest BCUT2D eigenvalue weighted by atomic mass is 32.2. The highest BCUT2D eigenvalue weighted by molar-refractivity contribution is 7.99. The summed E-state index contributed by atoms with van der Waals surface area (Å²) in [4.78, 5) is 32.7. The van der Waals surface area contributed by atoms with Crippen LogP contribution >= 0.6 is 23.1 Å². The molecule has 3 aromatic rings. The molecule has 5 rings (SSSR count). The molecule has 1 fully saturated rings. The second-order valence-corrected chi connectivity index (χ2v) is 10.8. The van der Waals surface area contributed by atoms with Crippen molar-refractivity contribution in [2.45, 2.75) is 68.9 Å². The summed E-state index contributed by atoms with van der Waals surface area (Å²) in [5.74, 6) is 1.02. The zero-order chi connectivity index (χ0) is 21.4. The van der Waals surface area contributed by atoms with Crippen molar-refractivity contribution in [1.29, 1.82) is 0 Å². The number of hydrogen-bond donors (Lipinski definition) is 0. The Kier molecular flexibility index (Phi) is 6.02. The van der Waals surface area contributed by atoms with E-state index in [0.717, 1.165) is 35.0 Å². The molecule has 162 valence electrons. The zero-order valence-corrected chi connectivity index (χ0v) is 19.6. The number of nitrogens with zero attached hydrogens (tertiary/aromatic N) is 2. The largest absolute Gasteiger partial charge is 0.293 e. The molecule has 1 saturated carbocycles. The van der Waals surface area contributed by atoms with E-state index in [1.165, 1.54) is 66.3 Å². The van der Waals surface area contributed by atoms with Crippen LogP contribution in [0.3, 0.4) is 0 Å². The Hall–Kier alpha value is -1.92. The third-order valence-electron chi connectivity index (χ3n) is 6.80. The molecule has 4 nitrogen and oxygen atoms in total. The number of rotatable bonds is 5. The molecule has 0 unspecified atom stereocenters. The highest BCUT2D eigenvalue weighted by Gasteiger charge is 2.22. The Balaban J connectivity index is 1.32. The molecule has 2 aromatic heterocycles. The van der Waals surface area contributed by atoms with Crippen LogP contribution in [0.5, 0.6) is 0 Å². The van der Waals surface area contributed by atoms with Crippen molar-refractivity contribution < 1.29 is 4.79 Å². The Bertz CT molecular complexity index is 1170. The molecule has 0 bridgehead atoms. The molecule has 0 atom stereocenters. The minimum absolute atomic E-state index is 0.0242. The van der Waals surface area contributed by atoms with E-state index in [1.807, 2.05) is 12.1 Å². The summed E-state index contributed by atoms with van der Waals surface area (Å²) in [5, 5.41) is 1.43. The fourth-order valence-electron chi connectivity index (χ4n) is 4.99. The van der Waals surface area contributed by atoms with Crippen LogP contribution in [0.15, 0.2) is 34.2 Å². The van der Waals surface area contributed by atoms with Crippen LogP contribution in [0.1, 0.15) is 77.2 Å². The van der Waals surface area contributed by atoms with E-state index < -0.39 is 0 Å². The number of ketones is 1. The first-order chi connectivity index (χ1) is 15.1. The Morgan fingerprint density at radius 3 is 2.61 bits per heavy atom. The summed E-state index contributed by atoms with van der Waals surface area (Å²) in [6.45, 7) is 0. The average molecular weight is 453 g/mol. The van der Waals surface area contributed by atoms with Gasteiger partial charge in [-0.25, -0.2) is 4.98 Å². The van der Waals surface area contributed by atoms with Gasteiger partial charge in [0.2, 0.25) is 0 Å². The first-order valence-corrected chi connectivity index (χ1v) is 13.2. The second-order valence-electron chi connectivity index (χ2n) is 8.82. The maximum atomic E-state index is 13.0. The first-order valence-electron chi connectivity index (χ1n) is 11.4. The lowest BCUT2D eigenvalue weighted by atomic mass is 9.84. The van der Waals surface area contributed by atoms with E-state index in [1.54, 1.807) is 23.0 Å². The van der Waals surface area contributed by atoms with Crippen molar-refractivity contribution in [2.24, 2.45) is 7.05 Å². The van der Waals surface area contributed by atoms with E-state index in [0.29, 0.717) is 16.8 Å². The van der Waals surface area contributed by atoms with E-state index in [9.17, 15) is 9.59 Å². The molecule has 1 aromatic carbocycles. The molecule has 6 heteroatoms. The second kappa shape index (κ2) is 8.91. The smallest absolute Gasteiger partial charge is 0.262 e. The standard InChI is InChI=1S/C25H28N2O2S2/c1-27-24(29)22-19-9-5-6-10-21(19)31-23(22)26-25(27)30-15-20(28)18-13-11-17(12-14-18)16-7-3-2-4-8-16/h11-14,16H,2-10,15H2,1H3. The number of benzene rings is 1. The van der Waals surface area contributed by atoms with Gasteiger partial charge in [0.1, 0.15) is 4.83 Å². The summed E-state index contributed by atoms with van der Waals surface area (Å²) in [5.41, 5.74) is 3.34. The summed E-state index contributed by atoms with van der Waals surface area (Å²) in [6.07, 6.45) is 10.9. The fourth-order valence-corrected chi connectivity index (χ4v) is 7.16. The zero-order valence-electron chi connectivity index (χ0n) is 18.0. The quantitative estimate of drug-likeness (QED) is 0.275. The molecule has 0 saturated heterocycles. The number of hydrogen-bond acceptors (Lipinski definition) is 5. The lowest BCUT2D eigenvalue weighted by molar-refractivity contribution is 0.102. The van der Waals surface area contributed by atoms with Crippen molar-refractivity contribution in [3.63, 3.8) is 0 Å². The minimum atomic E-state index is 0.0242. The molecule has 2 heterocycles. The number of aryl methyl sites for hydroxylation is 2. The van der Waals surface area contributed by atoms with Crippen LogP contribution in [-0.4, -0.2) is 21.1 Å². The number of Topliss-reactive ketones (excluding diaryl/α,β-unsaturated/α-hetero) is 1. The van der Waals surface area contributed by atoms with Gasteiger partial charge in [-0.2, -0.15) is 0 Å². The maximum Gasteiger partial charge on any atom is 0.262 e. The fraction of sp³-hybridized carbons (Fsp3) is 0.480. The van der Waals surface area contributed by atoms with E-state index in [4.69, 9.17) is 4.98 Å². The van der Waals surface area contributed by atoms with Crippen molar-refractivity contribution in [3.8, 4) is 0 Å². The topological polar surface area (TPSA) is 52.0 Å². The van der Waals surface area contributed by atoms with Gasteiger partial charge in [0.25, 0.3) is 5.56 Å². The third kappa shape index (κ3) is 4.12. The third-order valence-corrected chi connectivity index (χ3v) is 9.01. The van der Waals surface area contributed by atoms with Crippen molar-refractivity contribution >= 4 is 39.1 Å². The number of thioether (sulfide) groups is 1. The lowest BCUT2D eigenvalue weighted by Gasteiger charge is -2.22. The molecular weight excluding hydrogens is 424 g/mol. The number of fused-ring (bicyclic) bond motifs is 3. The summed E-state index contributed by atoms with van der Waals surface area (Å²) in [6, 6.07) is 8.19. The Labute approximate surface area is 191 Å². The molecule has 0 aliphatic heterocycles. The lowest BCUT2D eigenvalue weighted by Crippen LogP contribution is -2.21. The SMILES string of the molecule is Cn1c(SCC(=O)c2ccc(C3CCCCC3)cc2)nc2sc3c(c2c1=O)CCCC3. The van der Waals surface area contributed by atoms with Crippen LogP contribution in [0.2, 0.25) is 0 Å². The van der Waals surface area contributed by atoms with Gasteiger partial charge in [-0.3, -0.25) is 14.2 Å². The van der Waals surface area contributed by atoms with E-state index in [2.05, 4.69) is 12.1 Å². The van der Waals surface area contributed by atoms with Crippen LogP contribution in [0, 0.1) is 0 Å². The van der Waals surface area contributed by atoms with Gasteiger partial charge in [-0.05, 0) is 55.6 Å². The molecule has 0 N–H and O–H groups in total. The van der Waals surface area contributed by atoms with Crippen molar-refractivity contribution in [1.82, 2.24) is 9.55 Å². The van der Waals surface area contributed by atoms with Crippen molar-refractivity contribution in [2.75, 3.05) is 5.75 Å². The molecule has 0 spiro atoms. The monoisotopic (exact) mass is 452 g/mol. The number of aromatic nitrogens is 2. The average Bonchev–Trinajstić information content (AvgIpc) is 3.19. The summed E-state index contributed by atoms with van der Waals surface area (Å²) < 4.78 is 1.62. The molecular formula is C25H28N2O2S2. The van der Waals surface area contributed by atoms with E-state index >= 15 is 0 Å². The molecule has 2 aliphatic rings. The van der Waals surface area contributed by atoms with Crippen molar-refractivity contribution in [3.05, 3.63) is 56.2 Å². The number of carbonyl (C=O) groups is 1. The highest BCUT2D eigenvalue weighted by Crippen LogP contribution is 2.35. The van der Waals surface area contributed by atoms with Gasteiger partial charge >= 0.3 is 0 Å². The van der Waals surface area contributed by atoms with E-state index in [-0.39, 0.29) is 11.3 Å². The predicted octanol–water partition coefficient (Wildman–Crippen LogP) is 5.90. The number of thiophene rings is 1. The Morgan fingerprint density at radius 2 is 1.84 bits per heavy atom. The summed E-state index contributed by atoms with van der Waals surface area (Å²) >= 11 is 3.03. The summed E-state index contributed by atoms with van der Waals surface area (Å²) in [7, 11) is 1.77. The molecule has 0 radical (unpaired) electrons. The predicted molar refractivity (Wildman–Crippen MR) is 129 cm³/mol. The normalized spacial score (nSPS) is 17.1. The number of carbonyl (C=O) groups excluding carboxylic acids is 1. The molecule has 0 amide bonds. The molecule has 2 aliphatic carbocycles. The Morgan fingerprint density at radius 1 is 1.10 bits per heavy atom.